The Hall–Kier alpha value is -2.48. The van der Waals surface area contributed by atoms with Crippen molar-refractivity contribution < 1.29 is 4.92 Å². The summed E-state index contributed by atoms with van der Waals surface area (Å²) in [6.45, 7) is 3.68. The highest BCUT2D eigenvalue weighted by Gasteiger charge is 2.29. The van der Waals surface area contributed by atoms with Crippen LogP contribution in [0.25, 0.3) is 0 Å². The van der Waals surface area contributed by atoms with Crippen LogP contribution in [0.15, 0.2) is 24.7 Å². The number of nitrogens with one attached hydrogen (secondary N) is 1. The van der Waals surface area contributed by atoms with Gasteiger partial charge in [0.25, 0.3) is 0 Å². The van der Waals surface area contributed by atoms with Crippen LogP contribution in [0.3, 0.4) is 0 Å². The number of halogens is 1. The van der Waals surface area contributed by atoms with Crippen molar-refractivity contribution in [3.05, 3.63) is 39.8 Å². The van der Waals surface area contributed by atoms with Gasteiger partial charge < -0.3 is 10.2 Å². The number of nitro groups is 1. The molecule has 0 atom stereocenters. The van der Waals surface area contributed by atoms with Crippen LogP contribution in [-0.2, 0) is 0 Å². The first-order valence-electron chi connectivity index (χ1n) is 7.67. The van der Waals surface area contributed by atoms with E-state index in [4.69, 9.17) is 11.6 Å². The van der Waals surface area contributed by atoms with Gasteiger partial charge in [0, 0.05) is 19.3 Å². The molecule has 24 heavy (non-hydrogen) atoms. The summed E-state index contributed by atoms with van der Waals surface area (Å²) in [6, 6.07) is 3.28. The van der Waals surface area contributed by atoms with E-state index in [0.717, 1.165) is 25.9 Å². The third-order valence-electron chi connectivity index (χ3n) is 4.04. The molecule has 0 aliphatic carbocycles. The number of piperidine rings is 1. The van der Waals surface area contributed by atoms with Crippen molar-refractivity contribution in [3.8, 4) is 0 Å². The molecule has 1 fully saturated rings. The Morgan fingerprint density at radius 3 is 2.67 bits per heavy atom. The molecule has 0 spiro atoms. The van der Waals surface area contributed by atoms with Crippen molar-refractivity contribution in [2.24, 2.45) is 5.92 Å². The molecule has 0 saturated carbocycles. The highest BCUT2D eigenvalue weighted by molar-refractivity contribution is 6.30. The summed E-state index contributed by atoms with van der Waals surface area (Å²) in [5.41, 5.74) is -0.135. The van der Waals surface area contributed by atoms with Gasteiger partial charge in [-0.05, 0) is 30.9 Å². The number of rotatable bonds is 4. The summed E-state index contributed by atoms with van der Waals surface area (Å²) < 4.78 is 0. The van der Waals surface area contributed by atoms with E-state index in [-0.39, 0.29) is 11.5 Å². The first-order valence-corrected chi connectivity index (χ1v) is 8.05. The van der Waals surface area contributed by atoms with E-state index in [9.17, 15) is 10.1 Å². The molecule has 2 aromatic heterocycles. The fourth-order valence-electron chi connectivity index (χ4n) is 2.65. The summed E-state index contributed by atoms with van der Waals surface area (Å²) in [4.78, 5) is 25.4. The van der Waals surface area contributed by atoms with Gasteiger partial charge in [0.2, 0.25) is 11.6 Å². The zero-order chi connectivity index (χ0) is 17.1. The summed E-state index contributed by atoms with van der Waals surface area (Å²) in [6.07, 6.45) is 4.77. The number of hydrogen-bond acceptors (Lipinski definition) is 7. The molecule has 1 N–H and O–H groups in total. The van der Waals surface area contributed by atoms with Gasteiger partial charge in [-0.3, -0.25) is 10.1 Å². The number of hydrogen-bond donors (Lipinski definition) is 1. The van der Waals surface area contributed by atoms with Crippen molar-refractivity contribution in [3.63, 3.8) is 0 Å². The molecule has 1 aliphatic rings. The lowest BCUT2D eigenvalue weighted by molar-refractivity contribution is -0.383. The van der Waals surface area contributed by atoms with Crippen LogP contribution in [0.2, 0.25) is 5.02 Å². The molecule has 3 heterocycles. The van der Waals surface area contributed by atoms with E-state index in [2.05, 4.69) is 27.2 Å². The van der Waals surface area contributed by atoms with E-state index in [1.54, 1.807) is 12.1 Å². The number of nitrogens with zero attached hydrogens (tertiary/aromatic N) is 5. The quantitative estimate of drug-likeness (QED) is 0.667. The van der Waals surface area contributed by atoms with Crippen molar-refractivity contribution in [1.29, 1.82) is 0 Å². The highest BCUT2D eigenvalue weighted by Crippen LogP contribution is 2.35. The minimum atomic E-state index is -0.453. The lowest BCUT2D eigenvalue weighted by atomic mass is 9.99. The van der Waals surface area contributed by atoms with E-state index < -0.39 is 4.92 Å². The lowest BCUT2D eigenvalue weighted by Gasteiger charge is -2.30. The zero-order valence-corrected chi connectivity index (χ0v) is 13.9. The molecule has 9 heteroatoms. The van der Waals surface area contributed by atoms with Crippen LogP contribution in [0, 0.1) is 16.0 Å². The van der Waals surface area contributed by atoms with Crippen LogP contribution < -0.4 is 10.2 Å². The molecular formula is C15H17ClN6O2. The van der Waals surface area contributed by atoms with Crippen LogP contribution >= 0.6 is 11.6 Å². The molecule has 0 radical (unpaired) electrons. The minimum absolute atomic E-state index is 0.124. The summed E-state index contributed by atoms with van der Waals surface area (Å²) in [5.74, 6) is 1.52. The fourth-order valence-corrected chi connectivity index (χ4v) is 2.76. The molecule has 126 valence electrons. The van der Waals surface area contributed by atoms with Crippen molar-refractivity contribution in [1.82, 2.24) is 15.0 Å². The maximum atomic E-state index is 11.6. The largest absolute Gasteiger partial charge is 0.353 e. The Kier molecular flexibility index (Phi) is 4.75. The Labute approximate surface area is 144 Å². The van der Waals surface area contributed by atoms with Gasteiger partial charge in [-0.1, -0.05) is 18.5 Å². The second-order valence-corrected chi connectivity index (χ2v) is 6.24. The molecule has 0 bridgehead atoms. The van der Waals surface area contributed by atoms with Gasteiger partial charge >= 0.3 is 5.69 Å². The van der Waals surface area contributed by atoms with Gasteiger partial charge in [0.15, 0.2) is 0 Å². The molecule has 3 rings (SSSR count). The Bertz CT molecular complexity index is 731. The summed E-state index contributed by atoms with van der Waals surface area (Å²) >= 11 is 5.80. The predicted octanol–water partition coefficient (Wildman–Crippen LogP) is 3.41. The van der Waals surface area contributed by atoms with Crippen LogP contribution in [0.5, 0.6) is 0 Å². The molecule has 0 amide bonds. The predicted molar refractivity (Wildman–Crippen MR) is 91.8 cm³/mol. The monoisotopic (exact) mass is 348 g/mol. The summed E-state index contributed by atoms with van der Waals surface area (Å²) in [5, 5.41) is 15.0. The average Bonchev–Trinajstić information content (AvgIpc) is 2.57. The smallest absolute Gasteiger partial charge is 0.351 e. The lowest BCUT2D eigenvalue weighted by Crippen LogP contribution is -2.34. The molecule has 0 aromatic carbocycles. The van der Waals surface area contributed by atoms with E-state index in [0.29, 0.717) is 22.6 Å². The van der Waals surface area contributed by atoms with Crippen molar-refractivity contribution in [2.45, 2.75) is 19.8 Å². The van der Waals surface area contributed by atoms with Crippen LogP contribution in [0.1, 0.15) is 19.8 Å². The molecular weight excluding hydrogens is 332 g/mol. The molecule has 0 unspecified atom stereocenters. The summed E-state index contributed by atoms with van der Waals surface area (Å²) in [7, 11) is 0. The van der Waals surface area contributed by atoms with Crippen molar-refractivity contribution in [2.75, 3.05) is 23.3 Å². The van der Waals surface area contributed by atoms with Crippen LogP contribution in [-0.4, -0.2) is 33.0 Å². The topological polar surface area (TPSA) is 97.1 Å². The molecule has 1 aliphatic heterocycles. The number of pyridine rings is 1. The molecule has 1 saturated heterocycles. The number of anilines is 3. The zero-order valence-electron chi connectivity index (χ0n) is 13.1. The highest BCUT2D eigenvalue weighted by atomic mass is 35.5. The second kappa shape index (κ2) is 6.96. The third kappa shape index (κ3) is 3.53. The normalized spacial score (nSPS) is 15.3. The third-order valence-corrected chi connectivity index (χ3v) is 4.27. The Balaban J connectivity index is 1.93. The Morgan fingerprint density at radius 1 is 1.29 bits per heavy atom. The number of aromatic nitrogens is 3. The average molecular weight is 349 g/mol. The first-order chi connectivity index (χ1) is 11.5. The fraction of sp³-hybridized carbons (Fsp3) is 0.400. The van der Waals surface area contributed by atoms with Gasteiger partial charge in [0.1, 0.15) is 12.1 Å². The van der Waals surface area contributed by atoms with E-state index in [1.165, 1.54) is 12.5 Å². The minimum Gasteiger partial charge on any atom is -0.351 e. The maximum absolute atomic E-state index is 11.6. The standard InChI is InChI=1S/C15H17ClN6O2/c1-10-4-6-21(7-5-10)15-13(22(23)24)14(18-9-19-15)20-12-3-2-11(16)8-17-12/h2-3,8-10H,4-7H2,1H3,(H,17,18,19,20). The molecule has 8 nitrogen and oxygen atoms in total. The Morgan fingerprint density at radius 2 is 2.04 bits per heavy atom. The van der Waals surface area contributed by atoms with Gasteiger partial charge in [0.05, 0.1) is 9.95 Å². The second-order valence-electron chi connectivity index (χ2n) is 5.81. The van der Waals surface area contributed by atoms with E-state index in [1.807, 2.05) is 4.90 Å². The first kappa shape index (κ1) is 16.4. The van der Waals surface area contributed by atoms with Gasteiger partial charge in [-0.15, -0.1) is 0 Å². The van der Waals surface area contributed by atoms with Crippen molar-refractivity contribution >= 4 is 34.7 Å². The van der Waals surface area contributed by atoms with Crippen LogP contribution in [0.4, 0.5) is 23.1 Å². The van der Waals surface area contributed by atoms with Gasteiger partial charge in [-0.2, -0.15) is 0 Å². The van der Waals surface area contributed by atoms with Gasteiger partial charge in [-0.25, -0.2) is 15.0 Å². The van der Waals surface area contributed by atoms with E-state index >= 15 is 0 Å². The molecule has 2 aromatic rings. The maximum Gasteiger partial charge on any atom is 0.353 e. The SMILES string of the molecule is CC1CCN(c2ncnc(Nc3ccc(Cl)cn3)c2[N+](=O)[O-])CC1.